The average molecular weight is 250 g/mol. The zero-order valence-electron chi connectivity index (χ0n) is 10.4. The molecule has 3 aromatic rings. The van der Waals surface area contributed by atoms with Crippen molar-refractivity contribution in [3.63, 3.8) is 0 Å². The SMILES string of the molecule is Nc1cc2cn[nH]c2cc1N1CCc2ccccc21. The maximum absolute atomic E-state index is 6.20. The average Bonchev–Trinajstić information content (AvgIpc) is 3.03. The fraction of sp³-hybridized carbons (Fsp3) is 0.133. The number of aromatic nitrogens is 2. The van der Waals surface area contributed by atoms with Gasteiger partial charge < -0.3 is 10.6 Å². The molecule has 0 saturated heterocycles. The van der Waals surface area contributed by atoms with E-state index >= 15 is 0 Å². The van der Waals surface area contributed by atoms with Crippen LogP contribution in [0.25, 0.3) is 10.9 Å². The van der Waals surface area contributed by atoms with E-state index in [1.165, 1.54) is 11.3 Å². The second-order valence-corrected chi connectivity index (χ2v) is 4.90. The van der Waals surface area contributed by atoms with Gasteiger partial charge in [0.1, 0.15) is 0 Å². The number of rotatable bonds is 1. The van der Waals surface area contributed by atoms with Crippen LogP contribution in [0.1, 0.15) is 5.56 Å². The van der Waals surface area contributed by atoms with Crippen molar-refractivity contribution in [2.24, 2.45) is 0 Å². The number of anilines is 3. The predicted octanol–water partition coefficient (Wildman–Crippen LogP) is 2.84. The van der Waals surface area contributed by atoms with Gasteiger partial charge >= 0.3 is 0 Å². The Morgan fingerprint density at radius 3 is 3.00 bits per heavy atom. The maximum Gasteiger partial charge on any atom is 0.0672 e. The molecule has 0 amide bonds. The lowest BCUT2D eigenvalue weighted by Gasteiger charge is -2.21. The molecule has 1 aromatic heterocycles. The lowest BCUT2D eigenvalue weighted by molar-refractivity contribution is 1.000. The number of H-pyrrole nitrogens is 1. The largest absolute Gasteiger partial charge is 0.397 e. The number of hydrogen-bond acceptors (Lipinski definition) is 3. The van der Waals surface area contributed by atoms with E-state index in [4.69, 9.17) is 5.73 Å². The number of fused-ring (bicyclic) bond motifs is 2. The van der Waals surface area contributed by atoms with Gasteiger partial charge in [-0.3, -0.25) is 5.10 Å². The first-order chi connectivity index (χ1) is 9.33. The number of benzene rings is 2. The highest BCUT2D eigenvalue weighted by Crippen LogP contribution is 2.38. The predicted molar refractivity (Wildman–Crippen MR) is 77.7 cm³/mol. The number of nitrogens with zero attached hydrogens (tertiary/aromatic N) is 2. The minimum atomic E-state index is 0.797. The fourth-order valence-electron chi connectivity index (χ4n) is 2.82. The van der Waals surface area contributed by atoms with E-state index in [1.807, 2.05) is 6.07 Å². The molecule has 0 aliphatic carbocycles. The first-order valence-corrected chi connectivity index (χ1v) is 6.41. The first kappa shape index (κ1) is 10.4. The molecule has 0 bridgehead atoms. The van der Waals surface area contributed by atoms with Gasteiger partial charge in [-0.05, 0) is 30.2 Å². The lowest BCUT2D eigenvalue weighted by atomic mass is 10.1. The van der Waals surface area contributed by atoms with E-state index < -0.39 is 0 Å². The fourth-order valence-corrected chi connectivity index (χ4v) is 2.82. The molecule has 94 valence electrons. The third-order valence-electron chi connectivity index (χ3n) is 3.77. The van der Waals surface area contributed by atoms with Gasteiger partial charge in [-0.2, -0.15) is 5.10 Å². The Balaban J connectivity index is 1.89. The summed E-state index contributed by atoms with van der Waals surface area (Å²) in [5.41, 5.74) is 11.7. The van der Waals surface area contributed by atoms with Crippen molar-refractivity contribution in [2.75, 3.05) is 17.2 Å². The summed E-state index contributed by atoms with van der Waals surface area (Å²) in [6, 6.07) is 12.6. The van der Waals surface area contributed by atoms with Gasteiger partial charge in [-0.15, -0.1) is 0 Å². The molecular weight excluding hydrogens is 236 g/mol. The molecule has 1 aliphatic heterocycles. The number of nitrogen functional groups attached to an aromatic ring is 1. The Kier molecular flexibility index (Phi) is 2.06. The van der Waals surface area contributed by atoms with Gasteiger partial charge in [0.2, 0.25) is 0 Å². The molecule has 19 heavy (non-hydrogen) atoms. The zero-order valence-corrected chi connectivity index (χ0v) is 10.4. The van der Waals surface area contributed by atoms with Crippen molar-refractivity contribution in [3.05, 3.63) is 48.2 Å². The molecule has 4 heteroatoms. The molecule has 0 fully saturated rings. The quantitative estimate of drug-likeness (QED) is 0.653. The minimum absolute atomic E-state index is 0.797. The highest BCUT2D eigenvalue weighted by molar-refractivity contribution is 5.91. The molecule has 2 aromatic carbocycles. The van der Waals surface area contributed by atoms with Crippen molar-refractivity contribution in [2.45, 2.75) is 6.42 Å². The van der Waals surface area contributed by atoms with E-state index in [-0.39, 0.29) is 0 Å². The monoisotopic (exact) mass is 250 g/mol. The molecule has 0 radical (unpaired) electrons. The highest BCUT2D eigenvalue weighted by Gasteiger charge is 2.21. The Hall–Kier alpha value is -2.49. The third kappa shape index (κ3) is 1.50. The molecule has 0 saturated carbocycles. The molecule has 4 rings (SSSR count). The smallest absolute Gasteiger partial charge is 0.0672 e. The lowest BCUT2D eigenvalue weighted by Crippen LogP contribution is -2.14. The van der Waals surface area contributed by atoms with Crippen LogP contribution in [0.5, 0.6) is 0 Å². The van der Waals surface area contributed by atoms with Crippen molar-refractivity contribution in [3.8, 4) is 0 Å². The van der Waals surface area contributed by atoms with Crippen LogP contribution in [-0.4, -0.2) is 16.7 Å². The van der Waals surface area contributed by atoms with E-state index in [0.29, 0.717) is 0 Å². The summed E-state index contributed by atoms with van der Waals surface area (Å²) in [7, 11) is 0. The second-order valence-electron chi connectivity index (χ2n) is 4.90. The van der Waals surface area contributed by atoms with Crippen LogP contribution in [-0.2, 0) is 6.42 Å². The van der Waals surface area contributed by atoms with Crippen LogP contribution in [0.4, 0.5) is 17.1 Å². The Morgan fingerprint density at radius 1 is 1.16 bits per heavy atom. The summed E-state index contributed by atoms with van der Waals surface area (Å²) in [4.78, 5) is 2.28. The summed E-state index contributed by atoms with van der Waals surface area (Å²) in [5.74, 6) is 0. The van der Waals surface area contributed by atoms with Gasteiger partial charge in [0.15, 0.2) is 0 Å². The molecule has 0 atom stereocenters. The normalized spacial score (nSPS) is 14.0. The van der Waals surface area contributed by atoms with Crippen LogP contribution < -0.4 is 10.6 Å². The molecule has 3 N–H and O–H groups in total. The Morgan fingerprint density at radius 2 is 2.05 bits per heavy atom. The second kappa shape index (κ2) is 3.75. The molecule has 1 aliphatic rings. The van der Waals surface area contributed by atoms with Crippen molar-refractivity contribution in [1.29, 1.82) is 0 Å². The topological polar surface area (TPSA) is 57.9 Å². The van der Waals surface area contributed by atoms with E-state index in [2.05, 4.69) is 45.4 Å². The van der Waals surface area contributed by atoms with E-state index in [1.54, 1.807) is 6.20 Å². The zero-order chi connectivity index (χ0) is 12.8. The Bertz CT molecular complexity index is 760. The van der Waals surface area contributed by atoms with Crippen LogP contribution in [0.15, 0.2) is 42.6 Å². The summed E-state index contributed by atoms with van der Waals surface area (Å²) in [6.07, 6.45) is 2.87. The standard InChI is InChI=1S/C15H14N4/c16-12-7-11-9-17-18-13(11)8-15(12)19-6-5-10-3-1-2-4-14(10)19/h1-4,7-9H,5-6,16H2,(H,17,18). The number of hydrogen-bond donors (Lipinski definition) is 2. The number of nitrogens with one attached hydrogen (secondary N) is 1. The van der Waals surface area contributed by atoms with Gasteiger partial charge in [0, 0.05) is 17.6 Å². The summed E-state index contributed by atoms with van der Waals surface area (Å²) >= 11 is 0. The minimum Gasteiger partial charge on any atom is -0.397 e. The number of aromatic amines is 1. The van der Waals surface area contributed by atoms with Crippen molar-refractivity contribution < 1.29 is 0 Å². The van der Waals surface area contributed by atoms with E-state index in [9.17, 15) is 0 Å². The van der Waals surface area contributed by atoms with Gasteiger partial charge in [0.25, 0.3) is 0 Å². The number of para-hydroxylation sites is 1. The van der Waals surface area contributed by atoms with E-state index in [0.717, 1.165) is 35.2 Å². The molecule has 0 spiro atoms. The molecule has 0 unspecified atom stereocenters. The van der Waals surface area contributed by atoms with Crippen LogP contribution in [0, 0.1) is 0 Å². The molecule has 2 heterocycles. The summed E-state index contributed by atoms with van der Waals surface area (Å²) in [5, 5.41) is 8.11. The van der Waals surface area contributed by atoms with Gasteiger partial charge in [0.05, 0.1) is 23.1 Å². The number of nitrogens with two attached hydrogens (primary N) is 1. The molecular formula is C15H14N4. The summed E-state index contributed by atoms with van der Waals surface area (Å²) in [6.45, 7) is 0.975. The first-order valence-electron chi connectivity index (χ1n) is 6.41. The maximum atomic E-state index is 6.20. The Labute approximate surface area is 110 Å². The van der Waals surface area contributed by atoms with Gasteiger partial charge in [-0.1, -0.05) is 18.2 Å². The van der Waals surface area contributed by atoms with Crippen LogP contribution in [0.2, 0.25) is 0 Å². The summed E-state index contributed by atoms with van der Waals surface area (Å²) < 4.78 is 0. The van der Waals surface area contributed by atoms with Gasteiger partial charge in [-0.25, -0.2) is 0 Å². The molecule has 4 nitrogen and oxygen atoms in total. The van der Waals surface area contributed by atoms with Crippen molar-refractivity contribution in [1.82, 2.24) is 10.2 Å². The van der Waals surface area contributed by atoms with Crippen molar-refractivity contribution >= 4 is 28.0 Å². The van der Waals surface area contributed by atoms with Crippen LogP contribution in [0.3, 0.4) is 0 Å². The third-order valence-corrected chi connectivity index (χ3v) is 3.77. The highest BCUT2D eigenvalue weighted by atomic mass is 15.2. The van der Waals surface area contributed by atoms with Crippen LogP contribution >= 0.6 is 0 Å².